The molecule has 5 nitrogen and oxygen atoms in total. The molecule has 7 heteroatoms. The molecule has 0 amide bonds. The molecular weight excluding hydrogens is 292 g/mol. The highest BCUT2D eigenvalue weighted by Crippen LogP contribution is 2.31. The van der Waals surface area contributed by atoms with Crippen LogP contribution in [-0.4, -0.2) is 20.2 Å². The van der Waals surface area contributed by atoms with Crippen molar-refractivity contribution >= 4 is 23.1 Å². The van der Waals surface area contributed by atoms with Gasteiger partial charge in [-0.1, -0.05) is 17.8 Å². The van der Waals surface area contributed by atoms with Gasteiger partial charge in [-0.15, -0.1) is 21.5 Å². The second-order valence-electron chi connectivity index (χ2n) is 4.13. The van der Waals surface area contributed by atoms with Crippen molar-refractivity contribution in [2.45, 2.75) is 24.8 Å². The van der Waals surface area contributed by atoms with Gasteiger partial charge in [0.2, 0.25) is 0 Å². The third-order valence-electron chi connectivity index (χ3n) is 2.57. The van der Waals surface area contributed by atoms with Crippen LogP contribution in [0, 0.1) is 13.8 Å². The lowest BCUT2D eigenvalue weighted by Gasteiger charge is -1.95. The van der Waals surface area contributed by atoms with Crippen molar-refractivity contribution in [2.75, 3.05) is 0 Å². The fourth-order valence-corrected chi connectivity index (χ4v) is 3.23. The number of aromatic nitrogens is 4. The molecule has 0 aromatic carbocycles. The summed E-state index contributed by atoms with van der Waals surface area (Å²) in [5, 5.41) is 9.69. The second-order valence-corrected chi connectivity index (χ2v) is 6.26. The van der Waals surface area contributed by atoms with Crippen molar-refractivity contribution in [3.8, 4) is 10.8 Å². The number of aryl methyl sites for hydroxylation is 2. The number of hydrogen-bond donors (Lipinski definition) is 0. The molecule has 0 aliphatic heterocycles. The molecule has 3 aromatic heterocycles. The predicted molar refractivity (Wildman–Crippen MR) is 78.7 cm³/mol. The van der Waals surface area contributed by atoms with E-state index < -0.39 is 0 Å². The van der Waals surface area contributed by atoms with Crippen LogP contribution in [-0.2, 0) is 5.75 Å². The number of hydrogen-bond acceptors (Lipinski definition) is 7. The van der Waals surface area contributed by atoms with Crippen molar-refractivity contribution in [3.05, 3.63) is 40.8 Å². The SMILES string of the molecule is Cc1nc(C)c(-c2nnc(SCc3ccccn3)o2)s1. The molecule has 20 heavy (non-hydrogen) atoms. The van der Waals surface area contributed by atoms with Gasteiger partial charge in [0.15, 0.2) is 0 Å². The number of nitrogens with zero attached hydrogens (tertiary/aromatic N) is 4. The molecule has 0 N–H and O–H groups in total. The normalized spacial score (nSPS) is 10.9. The van der Waals surface area contributed by atoms with E-state index in [0.29, 0.717) is 16.9 Å². The molecule has 0 spiro atoms. The Morgan fingerprint density at radius 2 is 2.15 bits per heavy atom. The average Bonchev–Trinajstić information content (AvgIpc) is 3.04. The lowest BCUT2D eigenvalue weighted by Crippen LogP contribution is -1.84. The van der Waals surface area contributed by atoms with Crippen LogP contribution in [0.5, 0.6) is 0 Å². The smallest absolute Gasteiger partial charge is 0.277 e. The van der Waals surface area contributed by atoms with Crippen LogP contribution in [0.4, 0.5) is 0 Å². The highest BCUT2D eigenvalue weighted by atomic mass is 32.2. The fraction of sp³-hybridized carbons (Fsp3) is 0.231. The zero-order valence-electron chi connectivity index (χ0n) is 11.0. The Labute approximate surface area is 124 Å². The maximum atomic E-state index is 5.67. The van der Waals surface area contributed by atoms with Gasteiger partial charge in [-0.25, -0.2) is 4.98 Å². The standard InChI is InChI=1S/C13H12N4OS2/c1-8-11(20-9(2)15-8)12-16-17-13(18-12)19-7-10-5-3-4-6-14-10/h3-6H,7H2,1-2H3. The number of pyridine rings is 1. The Hall–Kier alpha value is -1.73. The predicted octanol–water partition coefficient (Wildman–Crippen LogP) is 3.50. The molecule has 3 aromatic rings. The maximum absolute atomic E-state index is 5.67. The van der Waals surface area contributed by atoms with Gasteiger partial charge in [0, 0.05) is 11.9 Å². The van der Waals surface area contributed by atoms with Crippen LogP contribution in [0.1, 0.15) is 16.4 Å². The van der Waals surface area contributed by atoms with Gasteiger partial charge in [-0.05, 0) is 26.0 Å². The van der Waals surface area contributed by atoms with E-state index in [1.165, 1.54) is 11.8 Å². The van der Waals surface area contributed by atoms with Crippen LogP contribution >= 0.6 is 23.1 Å². The molecule has 3 rings (SSSR count). The van der Waals surface area contributed by atoms with Gasteiger partial charge in [0.1, 0.15) is 4.88 Å². The Kier molecular flexibility index (Phi) is 3.79. The van der Waals surface area contributed by atoms with Crippen molar-refractivity contribution in [1.29, 1.82) is 0 Å². The van der Waals surface area contributed by atoms with Crippen LogP contribution in [0.15, 0.2) is 34.0 Å². The summed E-state index contributed by atoms with van der Waals surface area (Å²) in [7, 11) is 0. The number of thioether (sulfide) groups is 1. The molecule has 0 bridgehead atoms. The van der Waals surface area contributed by atoms with E-state index in [2.05, 4.69) is 20.2 Å². The molecule has 0 aliphatic rings. The highest BCUT2D eigenvalue weighted by Gasteiger charge is 2.15. The summed E-state index contributed by atoms with van der Waals surface area (Å²) in [4.78, 5) is 9.57. The lowest BCUT2D eigenvalue weighted by molar-refractivity contribution is 0.466. The minimum absolute atomic E-state index is 0.539. The Bertz CT molecular complexity index is 708. The third kappa shape index (κ3) is 2.88. The minimum Gasteiger partial charge on any atom is -0.410 e. The van der Waals surface area contributed by atoms with E-state index >= 15 is 0 Å². The number of thiazole rings is 1. The molecule has 0 atom stereocenters. The van der Waals surface area contributed by atoms with Crippen LogP contribution < -0.4 is 0 Å². The zero-order chi connectivity index (χ0) is 13.9. The van der Waals surface area contributed by atoms with E-state index in [-0.39, 0.29) is 0 Å². The molecule has 0 unspecified atom stereocenters. The van der Waals surface area contributed by atoms with Gasteiger partial charge in [0.25, 0.3) is 11.1 Å². The summed E-state index contributed by atoms with van der Waals surface area (Å²) in [5.74, 6) is 1.25. The lowest BCUT2D eigenvalue weighted by atomic mass is 10.4. The van der Waals surface area contributed by atoms with Gasteiger partial charge in [-0.2, -0.15) is 0 Å². The van der Waals surface area contributed by atoms with E-state index in [9.17, 15) is 0 Å². The Morgan fingerprint density at radius 1 is 1.25 bits per heavy atom. The van der Waals surface area contributed by atoms with Crippen LogP contribution in [0.3, 0.4) is 0 Å². The van der Waals surface area contributed by atoms with Gasteiger partial charge >= 0.3 is 0 Å². The summed E-state index contributed by atoms with van der Waals surface area (Å²) < 4.78 is 5.67. The van der Waals surface area contributed by atoms with E-state index in [4.69, 9.17) is 4.42 Å². The quantitative estimate of drug-likeness (QED) is 0.687. The van der Waals surface area contributed by atoms with E-state index in [1.807, 2.05) is 32.0 Å². The molecule has 3 heterocycles. The first-order valence-electron chi connectivity index (χ1n) is 6.03. The number of rotatable bonds is 4. The summed E-state index contributed by atoms with van der Waals surface area (Å²) >= 11 is 3.05. The molecule has 102 valence electrons. The average molecular weight is 304 g/mol. The van der Waals surface area contributed by atoms with Gasteiger partial charge in [0.05, 0.1) is 16.4 Å². The topological polar surface area (TPSA) is 64.7 Å². The van der Waals surface area contributed by atoms with Crippen molar-refractivity contribution in [2.24, 2.45) is 0 Å². The first kappa shape index (κ1) is 13.3. The third-order valence-corrected chi connectivity index (χ3v) is 4.49. The summed E-state index contributed by atoms with van der Waals surface area (Å²) in [6, 6.07) is 5.83. The first-order valence-corrected chi connectivity index (χ1v) is 7.83. The molecule has 0 saturated carbocycles. The van der Waals surface area contributed by atoms with Crippen molar-refractivity contribution in [3.63, 3.8) is 0 Å². The van der Waals surface area contributed by atoms with Crippen LogP contribution in [0.25, 0.3) is 10.8 Å². The molecule has 0 radical (unpaired) electrons. The van der Waals surface area contributed by atoms with Gasteiger partial charge < -0.3 is 4.42 Å². The molecule has 0 fully saturated rings. The first-order chi connectivity index (χ1) is 9.72. The second kappa shape index (κ2) is 5.72. The Balaban J connectivity index is 1.73. The van der Waals surface area contributed by atoms with Gasteiger partial charge in [-0.3, -0.25) is 4.98 Å². The summed E-state index contributed by atoms with van der Waals surface area (Å²) in [5.41, 5.74) is 1.92. The summed E-state index contributed by atoms with van der Waals surface area (Å²) in [6.07, 6.45) is 1.78. The van der Waals surface area contributed by atoms with Crippen molar-refractivity contribution < 1.29 is 4.42 Å². The molecular formula is C13H12N4OS2. The van der Waals surface area contributed by atoms with Crippen LogP contribution in [0.2, 0.25) is 0 Å². The van der Waals surface area contributed by atoms with E-state index in [1.54, 1.807) is 17.5 Å². The summed E-state index contributed by atoms with van der Waals surface area (Å²) in [6.45, 7) is 3.91. The fourth-order valence-electron chi connectivity index (χ4n) is 1.71. The van der Waals surface area contributed by atoms with Crippen molar-refractivity contribution in [1.82, 2.24) is 20.2 Å². The largest absolute Gasteiger partial charge is 0.410 e. The maximum Gasteiger partial charge on any atom is 0.277 e. The minimum atomic E-state index is 0.539. The zero-order valence-corrected chi connectivity index (χ0v) is 12.7. The molecule has 0 aliphatic carbocycles. The molecule has 0 saturated heterocycles. The monoisotopic (exact) mass is 304 g/mol. The van der Waals surface area contributed by atoms with E-state index in [0.717, 1.165) is 21.3 Å². The highest BCUT2D eigenvalue weighted by molar-refractivity contribution is 7.98. The Morgan fingerprint density at radius 3 is 2.85 bits per heavy atom.